The quantitative estimate of drug-likeness (QED) is 0.190. The Kier molecular flexibility index (Phi) is 10.4. The van der Waals surface area contributed by atoms with Gasteiger partial charge in [0.05, 0.1) is 12.5 Å². The summed E-state index contributed by atoms with van der Waals surface area (Å²) < 4.78 is 5.30. The molecule has 188 valence electrons. The van der Waals surface area contributed by atoms with Crippen LogP contribution < -0.4 is 0 Å². The lowest BCUT2D eigenvalue weighted by Crippen LogP contribution is -2.23. The Hall–Kier alpha value is -2.18. The molecule has 1 aliphatic heterocycles. The van der Waals surface area contributed by atoms with Crippen molar-refractivity contribution in [2.24, 2.45) is 0 Å². The van der Waals surface area contributed by atoms with E-state index in [2.05, 4.69) is 51.7 Å². The summed E-state index contributed by atoms with van der Waals surface area (Å²) in [5, 5.41) is 0. The number of aryl methyl sites for hydroxylation is 1. The minimum atomic E-state index is -0.197. The summed E-state index contributed by atoms with van der Waals surface area (Å²) in [5.41, 5.74) is 6.20. The number of hydrogen-bond donors (Lipinski definition) is 0. The average molecular weight is 491 g/mol. The van der Waals surface area contributed by atoms with E-state index in [1.807, 2.05) is 43.0 Å². The van der Waals surface area contributed by atoms with Gasteiger partial charge in [0.25, 0.3) is 0 Å². The largest absolute Gasteiger partial charge is 0.466 e. The summed E-state index contributed by atoms with van der Waals surface area (Å²) in [5.74, 6) is 7.81. The van der Waals surface area contributed by atoms with Crippen LogP contribution in [-0.2, 0) is 21.4 Å². The van der Waals surface area contributed by atoms with Crippen molar-refractivity contribution in [3.05, 3.63) is 64.2 Å². The van der Waals surface area contributed by atoms with Gasteiger partial charge >= 0.3 is 5.97 Å². The molecule has 0 fully saturated rings. The molecular weight excluding hydrogens is 448 g/mol. The zero-order valence-electron chi connectivity index (χ0n) is 22.3. The molecule has 0 saturated carbocycles. The maximum Gasteiger partial charge on any atom is 0.313 e. The van der Waals surface area contributed by atoms with E-state index in [1.165, 1.54) is 59.4 Å². The number of unbranched alkanes of at least 4 members (excludes halogenated alkanes) is 3. The second kappa shape index (κ2) is 13.2. The molecule has 0 aromatic heterocycles. The number of esters is 1. The molecule has 0 aliphatic carbocycles. The first-order chi connectivity index (χ1) is 16.9. The van der Waals surface area contributed by atoms with Crippen molar-refractivity contribution < 1.29 is 9.53 Å². The maximum atomic E-state index is 12.4. The summed E-state index contributed by atoms with van der Waals surface area (Å²) in [7, 11) is 0. The van der Waals surface area contributed by atoms with Gasteiger partial charge in [-0.1, -0.05) is 77.4 Å². The second-order valence-electron chi connectivity index (χ2n) is 10.3. The molecule has 2 nitrogen and oxygen atoms in total. The van der Waals surface area contributed by atoms with Crippen LogP contribution in [-0.4, -0.2) is 18.3 Å². The molecule has 0 saturated heterocycles. The lowest BCUT2D eigenvalue weighted by Gasteiger charge is -2.32. The zero-order valence-corrected chi connectivity index (χ0v) is 23.2. The number of carbonyl (C=O) groups is 1. The minimum Gasteiger partial charge on any atom is -0.466 e. The Labute approximate surface area is 217 Å². The van der Waals surface area contributed by atoms with Crippen molar-refractivity contribution in [2.75, 3.05) is 12.4 Å². The molecule has 1 aliphatic rings. The lowest BCUT2D eigenvalue weighted by atomic mass is 9.80. The monoisotopic (exact) mass is 490 g/mol. The molecular formula is C32H42O2S. The van der Waals surface area contributed by atoms with Crippen molar-refractivity contribution in [1.29, 1.82) is 0 Å². The third-order valence-corrected chi connectivity index (χ3v) is 8.08. The molecule has 0 bridgehead atoms. The van der Waals surface area contributed by atoms with E-state index in [1.54, 1.807) is 0 Å². The first kappa shape index (κ1) is 27.4. The molecule has 0 radical (unpaired) electrons. The average Bonchev–Trinajstić information content (AvgIpc) is 2.84. The number of thioether (sulfide) groups is 1. The van der Waals surface area contributed by atoms with Crippen molar-refractivity contribution in [1.82, 2.24) is 0 Å². The van der Waals surface area contributed by atoms with Crippen LogP contribution in [0.3, 0.4) is 0 Å². The Balaban J connectivity index is 1.88. The Morgan fingerprint density at radius 3 is 2.49 bits per heavy atom. The van der Waals surface area contributed by atoms with E-state index >= 15 is 0 Å². The van der Waals surface area contributed by atoms with Crippen LogP contribution in [0, 0.1) is 11.8 Å². The molecule has 35 heavy (non-hydrogen) atoms. The molecule has 1 atom stereocenters. The lowest BCUT2D eigenvalue weighted by molar-refractivity contribution is -0.145. The SMILES string of the molecule is CCCCCCc1cc2c(cc1C#Cc1ccc(C(CCC)C(=O)OCC)cc1)C(C)(C)CCS2. The minimum absolute atomic E-state index is 0.129. The molecule has 0 spiro atoms. The molecule has 3 rings (SSSR count). The summed E-state index contributed by atoms with van der Waals surface area (Å²) >= 11 is 2.00. The van der Waals surface area contributed by atoms with Gasteiger partial charge in [-0.2, -0.15) is 0 Å². The highest BCUT2D eigenvalue weighted by atomic mass is 32.2. The topological polar surface area (TPSA) is 26.3 Å². The number of benzene rings is 2. The molecule has 0 N–H and O–H groups in total. The van der Waals surface area contributed by atoms with Crippen LogP contribution in [0.15, 0.2) is 41.3 Å². The summed E-state index contributed by atoms with van der Waals surface area (Å²) in [6.45, 7) is 11.4. The van der Waals surface area contributed by atoms with Crippen molar-refractivity contribution in [3.8, 4) is 11.8 Å². The normalized spacial score (nSPS) is 15.0. The summed E-state index contributed by atoms with van der Waals surface area (Å²) in [6.07, 6.45) is 9.09. The van der Waals surface area contributed by atoms with Gasteiger partial charge < -0.3 is 4.74 Å². The summed E-state index contributed by atoms with van der Waals surface area (Å²) in [4.78, 5) is 13.9. The highest BCUT2D eigenvalue weighted by Crippen LogP contribution is 2.42. The van der Waals surface area contributed by atoms with Crippen LogP contribution >= 0.6 is 11.8 Å². The van der Waals surface area contributed by atoms with Gasteiger partial charge in [-0.15, -0.1) is 11.8 Å². The number of hydrogen-bond acceptors (Lipinski definition) is 3. The number of rotatable bonds is 10. The fourth-order valence-electron chi connectivity index (χ4n) is 4.78. The Morgan fingerprint density at radius 1 is 1.03 bits per heavy atom. The van der Waals surface area contributed by atoms with Gasteiger partial charge in [0, 0.05) is 16.0 Å². The van der Waals surface area contributed by atoms with Gasteiger partial charge in [-0.3, -0.25) is 4.79 Å². The first-order valence-corrected chi connectivity index (χ1v) is 14.5. The fourth-order valence-corrected chi connectivity index (χ4v) is 6.33. The van der Waals surface area contributed by atoms with Crippen LogP contribution in [0.2, 0.25) is 0 Å². The first-order valence-electron chi connectivity index (χ1n) is 13.5. The Morgan fingerprint density at radius 2 is 1.80 bits per heavy atom. The zero-order chi connectivity index (χ0) is 25.3. The molecule has 2 aromatic carbocycles. The van der Waals surface area contributed by atoms with Crippen LogP contribution in [0.1, 0.15) is 113 Å². The fraction of sp³-hybridized carbons (Fsp3) is 0.531. The third-order valence-electron chi connectivity index (χ3n) is 7.02. The highest BCUT2D eigenvalue weighted by Gasteiger charge is 2.28. The van der Waals surface area contributed by atoms with E-state index < -0.39 is 0 Å². The number of fused-ring (bicyclic) bond motifs is 1. The smallest absolute Gasteiger partial charge is 0.313 e. The second-order valence-corrected chi connectivity index (χ2v) is 11.4. The number of carbonyl (C=O) groups excluding carboxylic acids is 1. The van der Waals surface area contributed by atoms with Crippen LogP contribution in [0.4, 0.5) is 0 Å². The maximum absolute atomic E-state index is 12.4. The van der Waals surface area contributed by atoms with Gasteiger partial charge in [0.1, 0.15) is 0 Å². The molecule has 1 unspecified atom stereocenters. The van der Waals surface area contributed by atoms with E-state index in [0.29, 0.717) is 6.61 Å². The molecule has 1 heterocycles. The third kappa shape index (κ3) is 7.40. The van der Waals surface area contributed by atoms with Crippen molar-refractivity contribution in [3.63, 3.8) is 0 Å². The van der Waals surface area contributed by atoms with Gasteiger partial charge in [0.2, 0.25) is 0 Å². The van der Waals surface area contributed by atoms with Gasteiger partial charge in [-0.25, -0.2) is 0 Å². The van der Waals surface area contributed by atoms with Crippen molar-refractivity contribution in [2.45, 2.75) is 102 Å². The molecule has 0 amide bonds. The highest BCUT2D eigenvalue weighted by molar-refractivity contribution is 7.99. The Bertz CT molecular complexity index is 1040. The predicted molar refractivity (Wildman–Crippen MR) is 149 cm³/mol. The van der Waals surface area contributed by atoms with Gasteiger partial charge in [-0.05, 0) is 84.7 Å². The van der Waals surface area contributed by atoms with Crippen molar-refractivity contribution >= 4 is 17.7 Å². The van der Waals surface area contributed by atoms with Gasteiger partial charge in [0.15, 0.2) is 0 Å². The van der Waals surface area contributed by atoms with E-state index in [-0.39, 0.29) is 17.3 Å². The van der Waals surface area contributed by atoms with Crippen LogP contribution in [0.5, 0.6) is 0 Å². The summed E-state index contributed by atoms with van der Waals surface area (Å²) in [6, 6.07) is 13.0. The van der Waals surface area contributed by atoms with Crippen LogP contribution in [0.25, 0.3) is 0 Å². The van der Waals surface area contributed by atoms with E-state index in [4.69, 9.17) is 4.74 Å². The predicted octanol–water partition coefficient (Wildman–Crippen LogP) is 8.43. The van der Waals surface area contributed by atoms with E-state index in [9.17, 15) is 4.79 Å². The van der Waals surface area contributed by atoms with E-state index in [0.717, 1.165) is 30.4 Å². The standard InChI is InChI=1S/C32H42O2S/c1-6-9-10-11-13-26-23-30-29(32(4,5)20-21-35-30)22-27(26)19-16-24-14-17-25(18-15-24)28(12-7-2)31(33)34-8-3/h14-15,17-18,22-23,28H,6-13,20-21H2,1-5H3. The molecule has 2 aromatic rings. The number of ether oxygens (including phenoxy) is 1. The molecule has 3 heteroatoms.